The predicted octanol–water partition coefficient (Wildman–Crippen LogP) is 2.96. The van der Waals surface area contributed by atoms with Crippen LogP contribution in [0, 0.1) is 11.7 Å². The van der Waals surface area contributed by atoms with E-state index in [2.05, 4.69) is 12.2 Å². The molecule has 0 aliphatic carbocycles. The van der Waals surface area contributed by atoms with Gasteiger partial charge in [-0.1, -0.05) is 19.4 Å². The Kier molecular flexibility index (Phi) is 5.12. The molecule has 2 atom stereocenters. The van der Waals surface area contributed by atoms with Crippen LogP contribution < -0.4 is 10.2 Å². The number of carbonyl (C=O) groups excluding carboxylic acids is 1. The lowest BCUT2D eigenvalue weighted by atomic mass is 9.90. The average Bonchev–Trinajstić information content (AvgIpc) is 2.48. The van der Waals surface area contributed by atoms with Crippen LogP contribution in [0.3, 0.4) is 0 Å². The number of halogens is 1. The Morgan fingerprint density at radius 3 is 2.90 bits per heavy atom. The fourth-order valence-electron chi connectivity index (χ4n) is 2.85. The van der Waals surface area contributed by atoms with E-state index in [0.29, 0.717) is 18.2 Å². The highest BCUT2D eigenvalue weighted by atomic mass is 19.1. The molecule has 2 rings (SSSR count). The molecule has 1 aromatic carbocycles. The summed E-state index contributed by atoms with van der Waals surface area (Å²) in [5, 5.41) is 3.30. The van der Waals surface area contributed by atoms with E-state index in [1.165, 1.54) is 12.1 Å². The van der Waals surface area contributed by atoms with Crippen LogP contribution in [0.15, 0.2) is 24.3 Å². The minimum Gasteiger partial charge on any atom is -0.311 e. The molecule has 1 heterocycles. The smallest absolute Gasteiger partial charge is 0.244 e. The molecule has 2 unspecified atom stereocenters. The average molecular weight is 278 g/mol. The van der Waals surface area contributed by atoms with Gasteiger partial charge in [0.2, 0.25) is 5.91 Å². The van der Waals surface area contributed by atoms with Crippen molar-refractivity contribution in [1.29, 1.82) is 0 Å². The molecule has 3 nitrogen and oxygen atoms in total. The molecule has 110 valence electrons. The zero-order valence-electron chi connectivity index (χ0n) is 12.2. The molecule has 1 aliphatic heterocycles. The Balaban J connectivity index is 2.12. The van der Waals surface area contributed by atoms with Crippen LogP contribution in [0.4, 0.5) is 10.1 Å². The summed E-state index contributed by atoms with van der Waals surface area (Å²) < 4.78 is 13.3. The van der Waals surface area contributed by atoms with Crippen molar-refractivity contribution in [2.75, 3.05) is 18.0 Å². The number of amides is 1. The number of benzene rings is 1. The fourth-order valence-corrected chi connectivity index (χ4v) is 2.85. The van der Waals surface area contributed by atoms with E-state index in [-0.39, 0.29) is 17.8 Å². The normalized spacial score (nSPS) is 22.6. The molecule has 0 bridgehead atoms. The number of carbonyl (C=O) groups is 1. The summed E-state index contributed by atoms with van der Waals surface area (Å²) in [4.78, 5) is 14.3. The van der Waals surface area contributed by atoms with Crippen molar-refractivity contribution in [3.8, 4) is 0 Å². The van der Waals surface area contributed by atoms with Gasteiger partial charge in [0.05, 0.1) is 6.04 Å². The minimum atomic E-state index is -0.309. The van der Waals surface area contributed by atoms with Crippen LogP contribution in [0.1, 0.15) is 33.1 Å². The maximum absolute atomic E-state index is 13.3. The second kappa shape index (κ2) is 6.84. The van der Waals surface area contributed by atoms with Crippen molar-refractivity contribution >= 4 is 11.6 Å². The molecule has 0 aromatic heterocycles. The lowest BCUT2D eigenvalue weighted by molar-refractivity contribution is -0.121. The van der Waals surface area contributed by atoms with Gasteiger partial charge in [-0.25, -0.2) is 4.39 Å². The quantitative estimate of drug-likeness (QED) is 0.918. The number of anilines is 1. The summed E-state index contributed by atoms with van der Waals surface area (Å²) in [6, 6.07) is 6.10. The second-order valence-electron chi connectivity index (χ2n) is 5.37. The number of nitrogens with one attached hydrogen (secondary N) is 1. The third kappa shape index (κ3) is 3.37. The van der Waals surface area contributed by atoms with Gasteiger partial charge in [0.1, 0.15) is 5.82 Å². The van der Waals surface area contributed by atoms with E-state index in [4.69, 9.17) is 0 Å². The molecule has 20 heavy (non-hydrogen) atoms. The number of rotatable bonds is 4. The molecule has 0 spiro atoms. The van der Waals surface area contributed by atoms with Gasteiger partial charge in [-0.3, -0.25) is 4.79 Å². The van der Waals surface area contributed by atoms with Crippen molar-refractivity contribution < 1.29 is 9.18 Å². The summed E-state index contributed by atoms with van der Waals surface area (Å²) in [6.45, 7) is 5.53. The second-order valence-corrected chi connectivity index (χ2v) is 5.37. The first kappa shape index (κ1) is 15.0. The van der Waals surface area contributed by atoms with E-state index in [1.807, 2.05) is 6.92 Å². The van der Waals surface area contributed by atoms with Crippen molar-refractivity contribution in [3.05, 3.63) is 30.1 Å². The maximum atomic E-state index is 13.3. The fraction of sp³-hybridized carbons (Fsp3) is 0.562. The number of nitrogens with zero attached hydrogens (tertiary/aromatic N) is 1. The van der Waals surface area contributed by atoms with Crippen LogP contribution >= 0.6 is 0 Å². The number of hydrogen-bond donors (Lipinski definition) is 1. The third-order valence-electron chi connectivity index (χ3n) is 4.09. The zero-order chi connectivity index (χ0) is 14.5. The molecular weight excluding hydrogens is 255 g/mol. The van der Waals surface area contributed by atoms with E-state index < -0.39 is 0 Å². The Bertz CT molecular complexity index is 464. The van der Waals surface area contributed by atoms with Crippen molar-refractivity contribution in [1.82, 2.24) is 5.32 Å². The summed E-state index contributed by atoms with van der Waals surface area (Å²) in [5.41, 5.74) is 0.637. The van der Waals surface area contributed by atoms with Gasteiger partial charge in [-0.2, -0.15) is 0 Å². The summed E-state index contributed by atoms with van der Waals surface area (Å²) in [6.07, 6.45) is 3.12. The Labute approximate surface area is 120 Å². The molecule has 1 fully saturated rings. The number of likely N-dealkylation sites (N-methyl/N-ethyl adjacent to an activating group) is 1. The standard InChI is InChI=1S/C16H23FN2O/c1-3-12-8-9-18-15(10-12)16(20)19(4-2)14-7-5-6-13(17)11-14/h5-7,11-12,15,18H,3-4,8-10H2,1-2H3. The highest BCUT2D eigenvalue weighted by molar-refractivity contribution is 5.97. The van der Waals surface area contributed by atoms with Gasteiger partial charge in [-0.15, -0.1) is 0 Å². The largest absolute Gasteiger partial charge is 0.311 e. The SMILES string of the molecule is CCC1CCNC(C(=O)N(CC)c2cccc(F)c2)C1. The van der Waals surface area contributed by atoms with Crippen LogP contribution in [0.2, 0.25) is 0 Å². The monoisotopic (exact) mass is 278 g/mol. The molecular formula is C16H23FN2O. The molecule has 0 radical (unpaired) electrons. The number of hydrogen-bond acceptors (Lipinski definition) is 2. The van der Waals surface area contributed by atoms with E-state index in [9.17, 15) is 9.18 Å². The lowest BCUT2D eigenvalue weighted by Crippen LogP contribution is -2.50. The van der Waals surface area contributed by atoms with Gasteiger partial charge in [0.15, 0.2) is 0 Å². The maximum Gasteiger partial charge on any atom is 0.244 e. The first-order chi connectivity index (χ1) is 9.65. The van der Waals surface area contributed by atoms with E-state index in [1.54, 1.807) is 17.0 Å². The molecule has 1 saturated heterocycles. The zero-order valence-corrected chi connectivity index (χ0v) is 12.2. The Morgan fingerprint density at radius 2 is 2.25 bits per heavy atom. The Hall–Kier alpha value is -1.42. The predicted molar refractivity (Wildman–Crippen MR) is 79.2 cm³/mol. The first-order valence-corrected chi connectivity index (χ1v) is 7.46. The van der Waals surface area contributed by atoms with Gasteiger partial charge >= 0.3 is 0 Å². The van der Waals surface area contributed by atoms with Gasteiger partial charge < -0.3 is 10.2 Å². The summed E-state index contributed by atoms with van der Waals surface area (Å²) in [5.74, 6) is 0.351. The van der Waals surface area contributed by atoms with Crippen LogP contribution in [0.5, 0.6) is 0 Å². The van der Waals surface area contributed by atoms with Crippen molar-refractivity contribution in [2.45, 2.75) is 39.2 Å². The highest BCUT2D eigenvalue weighted by Gasteiger charge is 2.29. The molecule has 0 saturated carbocycles. The van der Waals surface area contributed by atoms with Gasteiger partial charge in [0, 0.05) is 12.2 Å². The van der Waals surface area contributed by atoms with Crippen molar-refractivity contribution in [2.24, 2.45) is 5.92 Å². The van der Waals surface area contributed by atoms with Crippen LogP contribution in [-0.4, -0.2) is 25.0 Å². The van der Waals surface area contributed by atoms with Gasteiger partial charge in [0.25, 0.3) is 0 Å². The van der Waals surface area contributed by atoms with Crippen LogP contribution in [-0.2, 0) is 4.79 Å². The van der Waals surface area contributed by atoms with Gasteiger partial charge in [-0.05, 0) is 50.4 Å². The van der Waals surface area contributed by atoms with Crippen LogP contribution in [0.25, 0.3) is 0 Å². The first-order valence-electron chi connectivity index (χ1n) is 7.46. The highest BCUT2D eigenvalue weighted by Crippen LogP contribution is 2.23. The molecule has 1 N–H and O–H groups in total. The molecule has 4 heteroatoms. The summed E-state index contributed by atoms with van der Waals surface area (Å²) >= 11 is 0. The third-order valence-corrected chi connectivity index (χ3v) is 4.09. The van der Waals surface area contributed by atoms with E-state index in [0.717, 1.165) is 25.8 Å². The molecule has 1 aliphatic rings. The minimum absolute atomic E-state index is 0.0521. The summed E-state index contributed by atoms with van der Waals surface area (Å²) in [7, 11) is 0. The van der Waals surface area contributed by atoms with Crippen molar-refractivity contribution in [3.63, 3.8) is 0 Å². The topological polar surface area (TPSA) is 32.3 Å². The lowest BCUT2D eigenvalue weighted by Gasteiger charge is -2.32. The number of piperidine rings is 1. The van der Waals surface area contributed by atoms with E-state index >= 15 is 0 Å². The molecule has 1 aromatic rings. The molecule has 1 amide bonds. The Morgan fingerprint density at radius 1 is 1.45 bits per heavy atom.